The fourth-order valence-electron chi connectivity index (χ4n) is 1.23. The molecule has 0 unspecified atom stereocenters. The van der Waals surface area contributed by atoms with E-state index in [1.165, 1.54) is 10.9 Å². The molecular formula is C9H16N4O2. The number of hydrogen-bond acceptors (Lipinski definition) is 4. The van der Waals surface area contributed by atoms with Crippen LogP contribution in [0.5, 0.6) is 0 Å². The molecule has 84 valence electrons. The molecule has 6 nitrogen and oxygen atoms in total. The van der Waals surface area contributed by atoms with Crippen molar-refractivity contribution in [3.63, 3.8) is 0 Å². The molecule has 1 rings (SSSR count). The van der Waals surface area contributed by atoms with Gasteiger partial charge in [-0.15, -0.1) is 0 Å². The van der Waals surface area contributed by atoms with Crippen molar-refractivity contribution in [3.8, 4) is 0 Å². The van der Waals surface area contributed by atoms with E-state index in [0.29, 0.717) is 24.5 Å². The number of hydrogen-bond donors (Lipinski definition) is 2. The van der Waals surface area contributed by atoms with Crippen molar-refractivity contribution in [2.75, 3.05) is 26.0 Å². The van der Waals surface area contributed by atoms with E-state index >= 15 is 0 Å². The summed E-state index contributed by atoms with van der Waals surface area (Å²) in [5, 5.41) is 6.63. The molecule has 3 N–H and O–H groups in total. The smallest absolute Gasteiger partial charge is 0.271 e. The summed E-state index contributed by atoms with van der Waals surface area (Å²) in [6.07, 6.45) is 2.24. The van der Waals surface area contributed by atoms with Gasteiger partial charge in [-0.3, -0.25) is 9.48 Å². The lowest BCUT2D eigenvalue weighted by Crippen LogP contribution is -2.27. The third-order valence-corrected chi connectivity index (χ3v) is 1.99. The Labute approximate surface area is 88.4 Å². The van der Waals surface area contributed by atoms with Crippen molar-refractivity contribution in [2.45, 2.75) is 6.42 Å². The van der Waals surface area contributed by atoms with Crippen LogP contribution in [0.4, 0.5) is 5.69 Å². The van der Waals surface area contributed by atoms with Gasteiger partial charge in [-0.1, -0.05) is 0 Å². The summed E-state index contributed by atoms with van der Waals surface area (Å²) in [7, 11) is 3.31. The second-order valence-electron chi connectivity index (χ2n) is 3.17. The molecule has 0 bridgehead atoms. The van der Waals surface area contributed by atoms with Gasteiger partial charge >= 0.3 is 0 Å². The molecule has 0 fully saturated rings. The van der Waals surface area contributed by atoms with Crippen molar-refractivity contribution >= 4 is 11.6 Å². The Balaban J connectivity index is 2.47. The maximum atomic E-state index is 11.6. The zero-order valence-corrected chi connectivity index (χ0v) is 8.99. The second kappa shape index (κ2) is 5.35. The molecular weight excluding hydrogens is 196 g/mol. The molecule has 0 aromatic carbocycles. The van der Waals surface area contributed by atoms with E-state index in [1.807, 2.05) is 0 Å². The summed E-state index contributed by atoms with van der Waals surface area (Å²) in [6, 6.07) is 0. The van der Waals surface area contributed by atoms with Gasteiger partial charge in [-0.05, 0) is 6.42 Å². The number of ether oxygens (including phenoxy) is 1. The average molecular weight is 212 g/mol. The maximum Gasteiger partial charge on any atom is 0.271 e. The van der Waals surface area contributed by atoms with Gasteiger partial charge < -0.3 is 15.8 Å². The van der Waals surface area contributed by atoms with Gasteiger partial charge in [-0.25, -0.2) is 0 Å². The summed E-state index contributed by atoms with van der Waals surface area (Å²) in [5.74, 6) is -0.205. The first kappa shape index (κ1) is 11.5. The fourth-order valence-corrected chi connectivity index (χ4v) is 1.23. The molecule has 15 heavy (non-hydrogen) atoms. The fraction of sp³-hybridized carbons (Fsp3) is 0.556. The number of nitrogens with two attached hydrogens (primary N) is 1. The van der Waals surface area contributed by atoms with Crippen molar-refractivity contribution in [1.82, 2.24) is 15.1 Å². The van der Waals surface area contributed by atoms with Gasteiger partial charge in [0.2, 0.25) is 0 Å². The predicted molar refractivity (Wildman–Crippen MR) is 56.4 cm³/mol. The van der Waals surface area contributed by atoms with E-state index in [1.54, 1.807) is 14.2 Å². The Kier molecular flexibility index (Phi) is 4.11. The summed E-state index contributed by atoms with van der Waals surface area (Å²) in [5.41, 5.74) is 6.39. The summed E-state index contributed by atoms with van der Waals surface area (Å²) in [4.78, 5) is 11.6. The van der Waals surface area contributed by atoms with Crippen molar-refractivity contribution < 1.29 is 9.53 Å². The van der Waals surface area contributed by atoms with Crippen LogP contribution in [0.2, 0.25) is 0 Å². The number of carbonyl (C=O) groups is 1. The quantitative estimate of drug-likeness (QED) is 0.660. The van der Waals surface area contributed by atoms with Crippen LogP contribution in [0, 0.1) is 0 Å². The van der Waals surface area contributed by atoms with E-state index in [2.05, 4.69) is 10.4 Å². The highest BCUT2D eigenvalue weighted by Crippen LogP contribution is 2.08. The van der Waals surface area contributed by atoms with Crippen LogP contribution in [0.1, 0.15) is 16.9 Å². The van der Waals surface area contributed by atoms with Crippen LogP contribution in [-0.4, -0.2) is 35.9 Å². The first-order valence-corrected chi connectivity index (χ1v) is 4.71. The molecule has 6 heteroatoms. The molecule has 0 aliphatic rings. The number of nitrogens with zero attached hydrogens (tertiary/aromatic N) is 2. The predicted octanol–water partition coefficient (Wildman–Crippen LogP) is -0.231. The van der Waals surface area contributed by atoms with E-state index in [4.69, 9.17) is 10.5 Å². The summed E-state index contributed by atoms with van der Waals surface area (Å²) in [6.45, 7) is 1.19. The lowest BCUT2D eigenvalue weighted by atomic mass is 10.3. The minimum Gasteiger partial charge on any atom is -0.396 e. The van der Waals surface area contributed by atoms with Crippen LogP contribution >= 0.6 is 0 Å². The molecule has 0 spiro atoms. The highest BCUT2D eigenvalue weighted by Gasteiger charge is 2.13. The first-order chi connectivity index (χ1) is 7.16. The van der Waals surface area contributed by atoms with Gasteiger partial charge in [0, 0.05) is 27.3 Å². The second-order valence-corrected chi connectivity index (χ2v) is 3.17. The number of amides is 1. The summed E-state index contributed by atoms with van der Waals surface area (Å²) < 4.78 is 6.33. The largest absolute Gasteiger partial charge is 0.396 e. The van der Waals surface area contributed by atoms with E-state index < -0.39 is 0 Å². The lowest BCUT2D eigenvalue weighted by Gasteiger charge is -2.05. The number of nitrogens with one attached hydrogen (secondary N) is 1. The van der Waals surface area contributed by atoms with Gasteiger partial charge in [0.15, 0.2) is 0 Å². The Morgan fingerprint density at radius 3 is 3.00 bits per heavy atom. The number of aryl methyl sites for hydroxylation is 1. The van der Waals surface area contributed by atoms with Gasteiger partial charge in [0.25, 0.3) is 5.91 Å². The first-order valence-electron chi connectivity index (χ1n) is 4.71. The minimum atomic E-state index is -0.205. The maximum absolute atomic E-state index is 11.6. The van der Waals surface area contributed by atoms with Crippen LogP contribution in [-0.2, 0) is 11.8 Å². The zero-order chi connectivity index (χ0) is 11.3. The summed E-state index contributed by atoms with van der Waals surface area (Å²) >= 11 is 0. The van der Waals surface area contributed by atoms with Crippen molar-refractivity contribution in [1.29, 1.82) is 0 Å². The highest BCUT2D eigenvalue weighted by atomic mass is 16.5. The molecule has 1 heterocycles. The van der Waals surface area contributed by atoms with Crippen LogP contribution in [0.25, 0.3) is 0 Å². The lowest BCUT2D eigenvalue weighted by molar-refractivity contribution is 0.0940. The number of carbonyl (C=O) groups excluding carboxylic acids is 1. The molecule has 0 atom stereocenters. The SMILES string of the molecule is COCCCNC(=O)c1c(N)cnn1C. The molecule has 0 saturated heterocycles. The molecule has 0 saturated carbocycles. The van der Waals surface area contributed by atoms with E-state index in [0.717, 1.165) is 6.42 Å². The number of aromatic nitrogens is 2. The van der Waals surface area contributed by atoms with E-state index in [-0.39, 0.29) is 5.91 Å². The number of methoxy groups -OCH3 is 1. The van der Waals surface area contributed by atoms with Gasteiger partial charge in [0.1, 0.15) is 5.69 Å². The molecule has 1 aromatic rings. The van der Waals surface area contributed by atoms with Crippen LogP contribution in [0.3, 0.4) is 0 Å². The Hall–Kier alpha value is -1.56. The molecule has 1 aromatic heterocycles. The standard InChI is InChI=1S/C9H16N4O2/c1-13-8(7(10)6-12-13)9(14)11-4-3-5-15-2/h6H,3-5,10H2,1-2H3,(H,11,14). The Bertz CT molecular complexity index is 315. The van der Waals surface area contributed by atoms with Crippen LogP contribution in [0.15, 0.2) is 6.20 Å². The van der Waals surface area contributed by atoms with Crippen molar-refractivity contribution in [3.05, 3.63) is 11.9 Å². The normalized spacial score (nSPS) is 10.3. The van der Waals surface area contributed by atoms with Gasteiger partial charge in [-0.2, -0.15) is 5.10 Å². The highest BCUT2D eigenvalue weighted by molar-refractivity contribution is 5.97. The number of rotatable bonds is 5. The zero-order valence-electron chi connectivity index (χ0n) is 8.99. The van der Waals surface area contributed by atoms with E-state index in [9.17, 15) is 4.79 Å². The molecule has 0 radical (unpaired) electrons. The van der Waals surface area contributed by atoms with Crippen LogP contribution < -0.4 is 11.1 Å². The topological polar surface area (TPSA) is 82.2 Å². The van der Waals surface area contributed by atoms with Crippen molar-refractivity contribution in [2.24, 2.45) is 7.05 Å². The number of anilines is 1. The monoisotopic (exact) mass is 212 g/mol. The third-order valence-electron chi connectivity index (χ3n) is 1.99. The average Bonchev–Trinajstić information content (AvgIpc) is 2.53. The Morgan fingerprint density at radius 2 is 2.47 bits per heavy atom. The molecule has 0 aliphatic heterocycles. The number of nitrogen functional groups attached to an aromatic ring is 1. The minimum absolute atomic E-state index is 0.205. The molecule has 1 amide bonds. The van der Waals surface area contributed by atoms with Gasteiger partial charge in [0.05, 0.1) is 11.9 Å². The third kappa shape index (κ3) is 2.95. The Morgan fingerprint density at radius 1 is 1.73 bits per heavy atom. The molecule has 0 aliphatic carbocycles.